The molecule has 2 amide bonds. The lowest BCUT2D eigenvalue weighted by molar-refractivity contribution is -0.140. The smallest absolute Gasteiger partial charge is 0.264 e. The number of benzene rings is 3. The summed E-state index contributed by atoms with van der Waals surface area (Å²) in [4.78, 5) is 28.9. The van der Waals surface area contributed by atoms with E-state index < -0.39 is 34.1 Å². The van der Waals surface area contributed by atoms with Crippen LogP contribution in [0.4, 0.5) is 5.69 Å². The molecule has 3 aromatic rings. The summed E-state index contributed by atoms with van der Waals surface area (Å²) in [5, 5.41) is 2.98. The topological polar surface area (TPSA) is 86.8 Å². The van der Waals surface area contributed by atoms with Gasteiger partial charge >= 0.3 is 0 Å². The zero-order valence-corrected chi connectivity index (χ0v) is 25.2. The van der Waals surface area contributed by atoms with E-state index in [1.54, 1.807) is 42.5 Å². The molecule has 0 heterocycles. The molecule has 0 aliphatic carbocycles. The fourth-order valence-corrected chi connectivity index (χ4v) is 5.90. The van der Waals surface area contributed by atoms with Gasteiger partial charge in [0.05, 0.1) is 10.6 Å². The molecule has 9 heteroatoms. The van der Waals surface area contributed by atoms with Gasteiger partial charge in [0.15, 0.2) is 0 Å². The number of sulfonamides is 1. The summed E-state index contributed by atoms with van der Waals surface area (Å²) in [6, 6.07) is 23.7. The van der Waals surface area contributed by atoms with Gasteiger partial charge in [-0.05, 0) is 75.6 Å². The number of nitrogens with one attached hydrogen (secondary N) is 1. The molecule has 0 fully saturated rings. The Hall–Kier alpha value is -3.17. The summed E-state index contributed by atoms with van der Waals surface area (Å²) in [5.41, 5.74) is 0.882. The Morgan fingerprint density at radius 1 is 0.897 bits per heavy atom. The third-order valence-electron chi connectivity index (χ3n) is 6.09. The highest BCUT2D eigenvalue weighted by atomic mass is 79.9. The molecule has 0 aliphatic heterocycles. The van der Waals surface area contributed by atoms with E-state index in [1.807, 2.05) is 58.0 Å². The number of carbonyl (C=O) groups excluding carboxylic acids is 2. The summed E-state index contributed by atoms with van der Waals surface area (Å²) in [6.07, 6.45) is 0.905. The molecule has 0 bridgehead atoms. The molecular formula is C30H36BrN3O4S. The predicted molar refractivity (Wildman–Crippen MR) is 159 cm³/mol. The molecule has 0 saturated heterocycles. The highest BCUT2D eigenvalue weighted by Gasteiger charge is 2.34. The van der Waals surface area contributed by atoms with Gasteiger partial charge in [-0.25, -0.2) is 8.42 Å². The minimum Gasteiger partial charge on any atom is -0.350 e. The zero-order valence-electron chi connectivity index (χ0n) is 22.8. The molecule has 0 spiro atoms. The van der Waals surface area contributed by atoms with E-state index in [9.17, 15) is 18.0 Å². The minimum absolute atomic E-state index is 0.0778. The van der Waals surface area contributed by atoms with Crippen LogP contribution in [0.5, 0.6) is 0 Å². The first-order valence-corrected chi connectivity index (χ1v) is 15.1. The Morgan fingerprint density at radius 3 is 2.00 bits per heavy atom. The Balaban J connectivity index is 2.00. The second-order valence-electron chi connectivity index (χ2n) is 10.3. The lowest BCUT2D eigenvalue weighted by Crippen LogP contribution is -2.56. The Labute approximate surface area is 240 Å². The number of halogens is 1. The van der Waals surface area contributed by atoms with Gasteiger partial charge < -0.3 is 10.2 Å². The Bertz CT molecular complexity index is 1340. The van der Waals surface area contributed by atoms with Crippen molar-refractivity contribution in [3.05, 3.63) is 95.0 Å². The molecule has 0 aliphatic rings. The molecule has 0 aromatic heterocycles. The van der Waals surface area contributed by atoms with Crippen LogP contribution in [0.3, 0.4) is 0 Å². The number of anilines is 1. The quantitative estimate of drug-likeness (QED) is 0.313. The van der Waals surface area contributed by atoms with E-state index in [4.69, 9.17) is 0 Å². The van der Waals surface area contributed by atoms with Gasteiger partial charge in [-0.15, -0.1) is 0 Å². The minimum atomic E-state index is -4.07. The first kappa shape index (κ1) is 30.4. The van der Waals surface area contributed by atoms with Gasteiger partial charge in [-0.3, -0.25) is 13.9 Å². The zero-order chi connectivity index (χ0) is 28.6. The number of hydrogen-bond donors (Lipinski definition) is 1. The molecule has 0 saturated carbocycles. The molecule has 1 atom stereocenters. The average Bonchev–Trinajstić information content (AvgIpc) is 2.90. The maximum atomic E-state index is 14.0. The summed E-state index contributed by atoms with van der Waals surface area (Å²) in [5.74, 6) is -0.725. The van der Waals surface area contributed by atoms with Crippen molar-refractivity contribution in [3.63, 3.8) is 0 Å². The first-order valence-electron chi connectivity index (χ1n) is 12.9. The molecule has 39 heavy (non-hydrogen) atoms. The van der Waals surface area contributed by atoms with E-state index in [0.29, 0.717) is 18.5 Å². The van der Waals surface area contributed by atoms with Crippen molar-refractivity contribution >= 4 is 43.5 Å². The maximum absolute atomic E-state index is 14.0. The monoisotopic (exact) mass is 613 g/mol. The molecule has 7 nitrogen and oxygen atoms in total. The number of nitrogens with zero attached hydrogens (tertiary/aromatic N) is 2. The fraction of sp³-hybridized carbons (Fsp3) is 0.333. The molecule has 1 N–H and O–H groups in total. The van der Waals surface area contributed by atoms with E-state index in [2.05, 4.69) is 21.2 Å². The van der Waals surface area contributed by atoms with Crippen molar-refractivity contribution < 1.29 is 18.0 Å². The van der Waals surface area contributed by atoms with E-state index in [-0.39, 0.29) is 17.3 Å². The standard InChI is InChI=1S/C30H36BrN3O4S/c1-5-27(29(36)32-30(2,3)4)33(21-20-23-12-8-6-9-13-23)28(35)22-34(25-18-16-24(31)17-19-25)39(37,38)26-14-10-7-11-15-26/h6-19,27H,5,20-22H2,1-4H3,(H,32,36)/t27-/m1/s1. The second kappa shape index (κ2) is 13.3. The predicted octanol–water partition coefficient (Wildman–Crippen LogP) is 5.41. The summed E-state index contributed by atoms with van der Waals surface area (Å²) in [7, 11) is -4.07. The third kappa shape index (κ3) is 8.41. The van der Waals surface area contributed by atoms with Gasteiger partial charge in [-0.1, -0.05) is 71.4 Å². The van der Waals surface area contributed by atoms with Crippen LogP contribution in [0.15, 0.2) is 94.3 Å². The van der Waals surface area contributed by atoms with Gasteiger partial charge in [0.2, 0.25) is 11.8 Å². The molecule has 208 valence electrons. The molecule has 0 unspecified atom stereocenters. The van der Waals surface area contributed by atoms with Crippen LogP contribution >= 0.6 is 15.9 Å². The maximum Gasteiger partial charge on any atom is 0.264 e. The van der Waals surface area contributed by atoms with Crippen LogP contribution in [0.1, 0.15) is 39.7 Å². The summed E-state index contributed by atoms with van der Waals surface area (Å²) < 4.78 is 29.5. The van der Waals surface area contributed by atoms with Gasteiger partial charge in [-0.2, -0.15) is 0 Å². The van der Waals surface area contributed by atoms with Crippen molar-refractivity contribution in [3.8, 4) is 0 Å². The van der Waals surface area contributed by atoms with Crippen LogP contribution in [0, 0.1) is 0 Å². The highest BCUT2D eigenvalue weighted by Crippen LogP contribution is 2.26. The molecule has 3 rings (SSSR count). The lowest BCUT2D eigenvalue weighted by atomic mass is 10.1. The van der Waals surface area contributed by atoms with E-state index >= 15 is 0 Å². The SMILES string of the molecule is CC[C@H](C(=O)NC(C)(C)C)N(CCc1ccccc1)C(=O)CN(c1ccc(Br)cc1)S(=O)(=O)c1ccccc1. The van der Waals surface area contributed by atoms with Crippen molar-refractivity contribution in [2.45, 2.75) is 57.0 Å². The third-order valence-corrected chi connectivity index (χ3v) is 8.41. The van der Waals surface area contributed by atoms with Crippen molar-refractivity contribution in [2.75, 3.05) is 17.4 Å². The van der Waals surface area contributed by atoms with E-state index in [1.165, 1.54) is 17.0 Å². The number of rotatable bonds is 11. The average molecular weight is 615 g/mol. The molecular weight excluding hydrogens is 578 g/mol. The highest BCUT2D eigenvalue weighted by molar-refractivity contribution is 9.10. The van der Waals surface area contributed by atoms with Crippen LogP contribution in [0.25, 0.3) is 0 Å². The van der Waals surface area contributed by atoms with E-state index in [0.717, 1.165) is 14.3 Å². The number of carbonyl (C=O) groups is 2. The summed E-state index contributed by atoms with van der Waals surface area (Å²) in [6.45, 7) is 7.31. The number of hydrogen-bond acceptors (Lipinski definition) is 4. The largest absolute Gasteiger partial charge is 0.350 e. The van der Waals surface area contributed by atoms with Gasteiger partial charge in [0.25, 0.3) is 10.0 Å². The normalized spacial score (nSPS) is 12.4. The van der Waals surface area contributed by atoms with Crippen LogP contribution in [0.2, 0.25) is 0 Å². The van der Waals surface area contributed by atoms with Gasteiger partial charge in [0.1, 0.15) is 12.6 Å². The molecule has 3 aromatic carbocycles. The fourth-order valence-electron chi connectivity index (χ4n) is 4.20. The van der Waals surface area contributed by atoms with Crippen molar-refractivity contribution in [1.29, 1.82) is 0 Å². The molecule has 0 radical (unpaired) electrons. The first-order chi connectivity index (χ1) is 18.4. The Kier molecular flexibility index (Phi) is 10.3. The second-order valence-corrected chi connectivity index (χ2v) is 13.1. The van der Waals surface area contributed by atoms with Crippen LogP contribution in [-0.4, -0.2) is 49.8 Å². The summed E-state index contributed by atoms with van der Waals surface area (Å²) >= 11 is 3.39. The van der Waals surface area contributed by atoms with Gasteiger partial charge in [0, 0.05) is 16.6 Å². The van der Waals surface area contributed by atoms with Crippen molar-refractivity contribution in [2.24, 2.45) is 0 Å². The van der Waals surface area contributed by atoms with Crippen molar-refractivity contribution in [1.82, 2.24) is 10.2 Å². The number of amides is 2. The van der Waals surface area contributed by atoms with Crippen LogP contribution in [-0.2, 0) is 26.0 Å². The van der Waals surface area contributed by atoms with Crippen LogP contribution < -0.4 is 9.62 Å². The Morgan fingerprint density at radius 2 is 1.46 bits per heavy atom. The lowest BCUT2D eigenvalue weighted by Gasteiger charge is -2.34.